The fourth-order valence-corrected chi connectivity index (χ4v) is 5.93. The van der Waals surface area contributed by atoms with Crippen molar-refractivity contribution in [2.75, 3.05) is 6.26 Å². The Labute approximate surface area is 176 Å². The molecule has 156 valence electrons. The lowest BCUT2D eigenvalue weighted by Crippen LogP contribution is -2.14. The molecule has 0 spiro atoms. The average Bonchev–Trinajstić information content (AvgIpc) is 3.26. The van der Waals surface area contributed by atoms with Crippen LogP contribution in [0.15, 0.2) is 52.9 Å². The van der Waals surface area contributed by atoms with E-state index in [-0.39, 0.29) is 16.8 Å². The molecule has 0 radical (unpaired) electrons. The molecular weight excluding hydrogens is 448 g/mol. The van der Waals surface area contributed by atoms with Crippen LogP contribution in [-0.4, -0.2) is 38.3 Å². The lowest BCUT2D eigenvalue weighted by molar-refractivity contribution is 0.461. The number of aromatic nitrogens is 3. The predicted molar refractivity (Wildman–Crippen MR) is 113 cm³/mol. The summed E-state index contributed by atoms with van der Waals surface area (Å²) >= 11 is 1.20. The number of primary sulfonamides is 1. The normalized spacial score (nSPS) is 13.5. The first kappa shape index (κ1) is 20.6. The van der Waals surface area contributed by atoms with Crippen molar-refractivity contribution in [3.05, 3.63) is 65.3 Å². The van der Waals surface area contributed by atoms with Crippen molar-refractivity contribution in [1.82, 2.24) is 15.2 Å². The third-order valence-corrected chi connectivity index (χ3v) is 7.36. The molecule has 2 aromatic carbocycles. The molecule has 0 aliphatic heterocycles. The van der Waals surface area contributed by atoms with Crippen LogP contribution in [0.4, 0.5) is 0 Å². The molecule has 30 heavy (non-hydrogen) atoms. The third kappa shape index (κ3) is 4.41. The summed E-state index contributed by atoms with van der Waals surface area (Å²) in [4.78, 5) is 4.44. The smallest absolute Gasteiger partial charge is 0.241 e. The molecule has 4 aromatic rings. The monoisotopic (exact) mass is 464 g/mol. The van der Waals surface area contributed by atoms with Gasteiger partial charge in [0.2, 0.25) is 21.8 Å². The van der Waals surface area contributed by atoms with Crippen molar-refractivity contribution in [3.63, 3.8) is 0 Å². The largest absolute Gasteiger partial charge is 0.422 e. The van der Waals surface area contributed by atoms with Crippen molar-refractivity contribution < 1.29 is 21.3 Å². The van der Waals surface area contributed by atoms with Gasteiger partial charge < -0.3 is 4.42 Å². The van der Waals surface area contributed by atoms with Crippen LogP contribution >= 0.6 is 11.3 Å². The maximum Gasteiger partial charge on any atom is 0.241 e. The molecule has 0 bridgehead atoms. The Morgan fingerprint density at radius 2 is 1.77 bits per heavy atom. The van der Waals surface area contributed by atoms with Crippen molar-refractivity contribution in [1.29, 1.82) is 0 Å². The van der Waals surface area contributed by atoms with Gasteiger partial charge in [-0.3, -0.25) is 0 Å². The van der Waals surface area contributed by atoms with Crippen molar-refractivity contribution in [3.8, 4) is 11.1 Å². The van der Waals surface area contributed by atoms with Gasteiger partial charge in [0.15, 0.2) is 15.1 Å². The molecule has 0 saturated carbocycles. The summed E-state index contributed by atoms with van der Waals surface area (Å²) in [5, 5.41) is 11.3. The highest BCUT2D eigenvalue weighted by Gasteiger charge is 2.34. The summed E-state index contributed by atoms with van der Waals surface area (Å²) < 4.78 is 53.5. The van der Waals surface area contributed by atoms with E-state index in [9.17, 15) is 16.8 Å². The summed E-state index contributed by atoms with van der Waals surface area (Å²) in [6.45, 7) is 0. The van der Waals surface area contributed by atoms with Gasteiger partial charge in [-0.15, -0.1) is 21.5 Å². The Morgan fingerprint density at radius 3 is 2.43 bits per heavy atom. The number of benzene rings is 2. The zero-order valence-electron chi connectivity index (χ0n) is 15.6. The average molecular weight is 465 g/mol. The van der Waals surface area contributed by atoms with Crippen LogP contribution in [-0.2, 0) is 25.6 Å². The first-order valence-electron chi connectivity index (χ1n) is 8.58. The number of hydrogen-bond acceptors (Lipinski definition) is 9. The molecule has 2 N–H and O–H groups in total. The zero-order chi connectivity index (χ0) is 21.5. The van der Waals surface area contributed by atoms with Crippen LogP contribution in [0.3, 0.4) is 0 Å². The second kappa shape index (κ2) is 7.54. The Bertz CT molecular complexity index is 1430. The maximum atomic E-state index is 12.5. The lowest BCUT2D eigenvalue weighted by Gasteiger charge is -2.07. The summed E-state index contributed by atoms with van der Waals surface area (Å²) in [5.74, 6) is -1.22. The van der Waals surface area contributed by atoms with Crippen molar-refractivity contribution in [2.24, 2.45) is 5.14 Å². The number of rotatable bonds is 6. The minimum atomic E-state index is -3.90. The highest BCUT2D eigenvalue weighted by Crippen LogP contribution is 2.36. The fraction of sp³-hybridized carbons (Fsp3) is 0.167. The second-order valence-corrected chi connectivity index (χ2v) is 11.5. The summed E-state index contributed by atoms with van der Waals surface area (Å²) in [5.41, 5.74) is 2.63. The van der Waals surface area contributed by atoms with Crippen LogP contribution in [0.2, 0.25) is 0 Å². The first-order valence-corrected chi connectivity index (χ1v) is 13.1. The van der Waals surface area contributed by atoms with Gasteiger partial charge in [-0.25, -0.2) is 27.0 Å². The van der Waals surface area contributed by atoms with Crippen molar-refractivity contribution in [2.45, 2.75) is 11.0 Å². The van der Waals surface area contributed by atoms with E-state index in [2.05, 4.69) is 15.2 Å². The first-order chi connectivity index (χ1) is 14.1. The molecule has 0 aliphatic carbocycles. The van der Waals surface area contributed by atoms with Gasteiger partial charge in [0.05, 0.1) is 10.2 Å². The highest BCUT2D eigenvalue weighted by atomic mass is 32.2. The van der Waals surface area contributed by atoms with Crippen LogP contribution in [0.1, 0.15) is 22.0 Å². The van der Waals surface area contributed by atoms with Crippen LogP contribution in [0.25, 0.3) is 21.3 Å². The van der Waals surface area contributed by atoms with Gasteiger partial charge in [0.1, 0.15) is 10.8 Å². The van der Waals surface area contributed by atoms with E-state index in [1.807, 2.05) is 48.5 Å². The third-order valence-electron chi connectivity index (χ3n) is 4.20. The van der Waals surface area contributed by atoms with Gasteiger partial charge in [-0.1, -0.05) is 36.4 Å². The lowest BCUT2D eigenvalue weighted by atomic mass is 10.1. The molecule has 1 unspecified atom stereocenters. The Hall–Kier alpha value is -2.67. The quantitative estimate of drug-likeness (QED) is 0.457. The molecule has 0 aliphatic rings. The Kier molecular flexibility index (Phi) is 5.18. The molecular formula is C18H16N4O5S3. The molecule has 0 saturated heterocycles. The van der Waals surface area contributed by atoms with Gasteiger partial charge in [0, 0.05) is 6.26 Å². The SMILES string of the molecule is CS(=O)(=O)C(c1nnc(CS(N)(=O)=O)o1)c1nc2ccc(-c3ccccc3)cc2s1. The molecule has 4 rings (SSSR count). The number of sulfone groups is 1. The Morgan fingerprint density at radius 1 is 1.03 bits per heavy atom. The zero-order valence-corrected chi connectivity index (χ0v) is 18.0. The van der Waals surface area contributed by atoms with Gasteiger partial charge in [-0.05, 0) is 23.3 Å². The maximum absolute atomic E-state index is 12.5. The molecule has 2 heterocycles. The van der Waals surface area contributed by atoms with E-state index < -0.39 is 30.9 Å². The van der Waals surface area contributed by atoms with Gasteiger partial charge >= 0.3 is 0 Å². The number of nitrogens with two attached hydrogens (primary N) is 1. The molecule has 0 amide bonds. The molecule has 0 fully saturated rings. The summed E-state index contributed by atoms with van der Waals surface area (Å²) in [6, 6.07) is 15.4. The summed E-state index contributed by atoms with van der Waals surface area (Å²) in [6.07, 6.45) is 1.03. The minimum absolute atomic E-state index is 0.251. The van der Waals surface area contributed by atoms with Gasteiger partial charge in [-0.2, -0.15) is 0 Å². The Balaban J connectivity index is 1.77. The number of fused-ring (bicyclic) bond motifs is 1. The van der Waals surface area contributed by atoms with E-state index in [0.29, 0.717) is 5.52 Å². The van der Waals surface area contributed by atoms with Crippen molar-refractivity contribution >= 4 is 41.4 Å². The standard InChI is InChI=1S/C18H16N4O5S3/c1-29(23,24)16(17-22-21-15(27-17)10-30(19,25)26)18-20-13-8-7-12(9-14(13)28-18)11-5-3-2-4-6-11/h2-9,16H,10H2,1H3,(H2,19,25,26). The number of thiazole rings is 1. The van der Waals surface area contributed by atoms with Crippen LogP contribution in [0, 0.1) is 0 Å². The summed E-state index contributed by atoms with van der Waals surface area (Å²) in [7, 11) is -7.64. The molecule has 12 heteroatoms. The highest BCUT2D eigenvalue weighted by molar-refractivity contribution is 7.91. The molecule has 9 nitrogen and oxygen atoms in total. The van der Waals surface area contributed by atoms with E-state index >= 15 is 0 Å². The van der Waals surface area contributed by atoms with Gasteiger partial charge in [0.25, 0.3) is 0 Å². The minimum Gasteiger partial charge on any atom is -0.422 e. The topological polar surface area (TPSA) is 146 Å². The van der Waals surface area contributed by atoms with Crippen LogP contribution in [0.5, 0.6) is 0 Å². The number of nitrogens with zero attached hydrogens (tertiary/aromatic N) is 3. The van der Waals surface area contributed by atoms with E-state index in [1.54, 1.807) is 0 Å². The van der Waals surface area contributed by atoms with E-state index in [4.69, 9.17) is 9.56 Å². The second-order valence-electron chi connectivity index (χ2n) is 6.65. The van der Waals surface area contributed by atoms with Crippen LogP contribution < -0.4 is 5.14 Å². The predicted octanol–water partition coefficient (Wildman–Crippen LogP) is 2.27. The van der Waals surface area contributed by atoms with E-state index in [0.717, 1.165) is 22.1 Å². The number of sulfonamides is 1. The molecule has 1 atom stereocenters. The number of hydrogen-bond donors (Lipinski definition) is 1. The fourth-order valence-electron chi connectivity index (χ4n) is 2.94. The van der Waals surface area contributed by atoms with E-state index in [1.165, 1.54) is 11.3 Å². The molecule has 2 aromatic heterocycles.